The Morgan fingerprint density at radius 3 is 2.65 bits per heavy atom. The van der Waals surface area contributed by atoms with Gasteiger partial charge in [0.1, 0.15) is 0 Å². The molecule has 0 atom stereocenters. The van der Waals surface area contributed by atoms with Crippen LogP contribution in [0.5, 0.6) is 0 Å². The topological polar surface area (TPSA) is 42.7 Å². The number of aryl methyl sites for hydroxylation is 1. The summed E-state index contributed by atoms with van der Waals surface area (Å²) in [6.45, 7) is 11.6. The van der Waals surface area contributed by atoms with Gasteiger partial charge in [0.05, 0.1) is 11.9 Å². The highest BCUT2D eigenvalue weighted by atomic mass is 15.3. The Morgan fingerprint density at radius 1 is 1.30 bits per heavy atom. The lowest BCUT2D eigenvalue weighted by molar-refractivity contribution is 0.423. The van der Waals surface area contributed by atoms with Crippen molar-refractivity contribution in [2.75, 3.05) is 0 Å². The third-order valence-electron chi connectivity index (χ3n) is 3.22. The van der Waals surface area contributed by atoms with Gasteiger partial charge in [-0.1, -0.05) is 6.92 Å². The number of hydrogen-bond acceptors (Lipinski definition) is 3. The number of hydrogen-bond donors (Lipinski definition) is 1. The lowest BCUT2D eigenvalue weighted by atomic mass is 10.1. The summed E-state index contributed by atoms with van der Waals surface area (Å²) >= 11 is 0. The van der Waals surface area contributed by atoms with Crippen LogP contribution in [0, 0.1) is 6.92 Å². The molecule has 4 heteroatoms. The SMILES string of the molecule is CCc1c(CNC(C)(C)C)cnn1-c1cc(C)ccn1. The van der Waals surface area contributed by atoms with E-state index in [9.17, 15) is 0 Å². The molecule has 0 aliphatic heterocycles. The van der Waals surface area contributed by atoms with Crippen LogP contribution in [0.3, 0.4) is 0 Å². The first-order valence-corrected chi connectivity index (χ1v) is 7.14. The molecule has 0 aliphatic carbocycles. The second kappa shape index (κ2) is 5.75. The zero-order valence-electron chi connectivity index (χ0n) is 13.1. The van der Waals surface area contributed by atoms with E-state index in [4.69, 9.17) is 0 Å². The number of pyridine rings is 1. The Morgan fingerprint density at radius 2 is 2.05 bits per heavy atom. The van der Waals surface area contributed by atoms with Crippen molar-refractivity contribution in [2.24, 2.45) is 0 Å². The molecule has 0 amide bonds. The van der Waals surface area contributed by atoms with Gasteiger partial charge in [-0.05, 0) is 51.8 Å². The van der Waals surface area contributed by atoms with E-state index in [1.54, 1.807) is 0 Å². The lowest BCUT2D eigenvalue weighted by Gasteiger charge is -2.20. The Bertz CT molecular complexity index is 578. The summed E-state index contributed by atoms with van der Waals surface area (Å²) in [6, 6.07) is 4.06. The van der Waals surface area contributed by atoms with Crippen molar-refractivity contribution in [2.45, 2.75) is 53.1 Å². The van der Waals surface area contributed by atoms with Gasteiger partial charge in [-0.25, -0.2) is 9.67 Å². The molecule has 0 radical (unpaired) electrons. The molecule has 2 rings (SSSR count). The molecule has 20 heavy (non-hydrogen) atoms. The van der Waals surface area contributed by atoms with Crippen molar-refractivity contribution in [3.63, 3.8) is 0 Å². The fraction of sp³-hybridized carbons (Fsp3) is 0.500. The Balaban J connectivity index is 2.30. The molecule has 2 aromatic heterocycles. The summed E-state index contributed by atoms with van der Waals surface area (Å²) in [5.41, 5.74) is 3.77. The zero-order chi connectivity index (χ0) is 14.8. The molecule has 108 valence electrons. The van der Waals surface area contributed by atoms with E-state index in [1.165, 1.54) is 16.8 Å². The average molecular weight is 272 g/mol. The fourth-order valence-corrected chi connectivity index (χ4v) is 2.13. The van der Waals surface area contributed by atoms with Crippen molar-refractivity contribution in [1.82, 2.24) is 20.1 Å². The van der Waals surface area contributed by atoms with E-state index in [2.05, 4.69) is 56.1 Å². The Hall–Kier alpha value is -1.68. The minimum absolute atomic E-state index is 0.106. The number of nitrogens with one attached hydrogen (secondary N) is 1. The highest BCUT2D eigenvalue weighted by molar-refractivity contribution is 5.31. The molecular formula is C16H24N4. The van der Waals surface area contributed by atoms with Crippen LogP contribution >= 0.6 is 0 Å². The van der Waals surface area contributed by atoms with Gasteiger partial charge in [0, 0.05) is 23.8 Å². The van der Waals surface area contributed by atoms with Crippen molar-refractivity contribution < 1.29 is 0 Å². The third-order valence-corrected chi connectivity index (χ3v) is 3.22. The summed E-state index contributed by atoms with van der Waals surface area (Å²) < 4.78 is 1.95. The molecule has 4 nitrogen and oxygen atoms in total. The van der Waals surface area contributed by atoms with Crippen LogP contribution in [0.25, 0.3) is 5.82 Å². The monoisotopic (exact) mass is 272 g/mol. The van der Waals surface area contributed by atoms with Crippen LogP contribution in [-0.2, 0) is 13.0 Å². The highest BCUT2D eigenvalue weighted by Gasteiger charge is 2.14. The molecule has 2 heterocycles. The normalized spacial score (nSPS) is 11.8. The maximum atomic E-state index is 4.51. The highest BCUT2D eigenvalue weighted by Crippen LogP contribution is 2.16. The molecule has 2 aromatic rings. The van der Waals surface area contributed by atoms with Gasteiger partial charge in [-0.2, -0.15) is 5.10 Å². The third kappa shape index (κ3) is 3.45. The van der Waals surface area contributed by atoms with Gasteiger partial charge in [-0.3, -0.25) is 0 Å². The van der Waals surface area contributed by atoms with Crippen molar-refractivity contribution in [1.29, 1.82) is 0 Å². The molecule has 0 saturated carbocycles. The first kappa shape index (κ1) is 14.7. The molecular weight excluding hydrogens is 248 g/mol. The predicted molar refractivity (Wildman–Crippen MR) is 82.1 cm³/mol. The van der Waals surface area contributed by atoms with Crippen LogP contribution in [0.2, 0.25) is 0 Å². The minimum Gasteiger partial charge on any atom is -0.308 e. The molecule has 0 aromatic carbocycles. The molecule has 0 saturated heterocycles. The second-order valence-corrected chi connectivity index (χ2v) is 6.18. The zero-order valence-corrected chi connectivity index (χ0v) is 13.1. The summed E-state index contributed by atoms with van der Waals surface area (Å²) in [4.78, 5) is 4.42. The Kier molecular flexibility index (Phi) is 4.23. The quantitative estimate of drug-likeness (QED) is 0.930. The van der Waals surface area contributed by atoms with Gasteiger partial charge < -0.3 is 5.32 Å². The van der Waals surface area contributed by atoms with Crippen LogP contribution in [-0.4, -0.2) is 20.3 Å². The summed E-state index contributed by atoms with van der Waals surface area (Å²) in [7, 11) is 0. The standard InChI is InChI=1S/C16H24N4/c1-6-14-13(10-18-16(3,4)5)11-19-20(14)15-9-12(2)7-8-17-15/h7-9,11,18H,6,10H2,1-5H3. The van der Waals surface area contributed by atoms with E-state index in [0.29, 0.717) is 0 Å². The van der Waals surface area contributed by atoms with E-state index in [-0.39, 0.29) is 5.54 Å². The maximum absolute atomic E-state index is 4.51. The first-order chi connectivity index (χ1) is 9.40. The Labute approximate surface area is 121 Å². The van der Waals surface area contributed by atoms with Gasteiger partial charge in [0.25, 0.3) is 0 Å². The van der Waals surface area contributed by atoms with E-state index >= 15 is 0 Å². The van der Waals surface area contributed by atoms with Crippen molar-refractivity contribution >= 4 is 0 Å². The van der Waals surface area contributed by atoms with Crippen LogP contribution in [0.1, 0.15) is 44.5 Å². The maximum Gasteiger partial charge on any atom is 0.153 e. The van der Waals surface area contributed by atoms with Gasteiger partial charge in [0.2, 0.25) is 0 Å². The van der Waals surface area contributed by atoms with Crippen molar-refractivity contribution in [3.8, 4) is 5.82 Å². The van der Waals surface area contributed by atoms with E-state index in [0.717, 1.165) is 18.8 Å². The second-order valence-electron chi connectivity index (χ2n) is 6.18. The van der Waals surface area contributed by atoms with E-state index in [1.807, 2.05) is 23.1 Å². The molecule has 0 aliphatic rings. The molecule has 0 spiro atoms. The smallest absolute Gasteiger partial charge is 0.153 e. The first-order valence-electron chi connectivity index (χ1n) is 7.14. The summed E-state index contributed by atoms with van der Waals surface area (Å²) in [6.07, 6.45) is 4.72. The fourth-order valence-electron chi connectivity index (χ4n) is 2.13. The van der Waals surface area contributed by atoms with Gasteiger partial charge >= 0.3 is 0 Å². The number of nitrogens with zero attached hydrogens (tertiary/aromatic N) is 3. The molecule has 0 unspecified atom stereocenters. The van der Waals surface area contributed by atoms with E-state index < -0.39 is 0 Å². The molecule has 0 bridgehead atoms. The average Bonchev–Trinajstić information content (AvgIpc) is 2.78. The predicted octanol–water partition coefficient (Wildman–Crippen LogP) is 3.03. The largest absolute Gasteiger partial charge is 0.308 e. The van der Waals surface area contributed by atoms with Gasteiger partial charge in [-0.15, -0.1) is 0 Å². The summed E-state index contributed by atoms with van der Waals surface area (Å²) in [5.74, 6) is 0.892. The number of rotatable bonds is 4. The van der Waals surface area contributed by atoms with Gasteiger partial charge in [0.15, 0.2) is 5.82 Å². The molecule has 1 N–H and O–H groups in total. The molecule has 0 fully saturated rings. The van der Waals surface area contributed by atoms with Crippen LogP contribution in [0.15, 0.2) is 24.5 Å². The summed E-state index contributed by atoms with van der Waals surface area (Å²) in [5, 5.41) is 8.03. The lowest BCUT2D eigenvalue weighted by Crippen LogP contribution is -2.35. The van der Waals surface area contributed by atoms with Crippen LogP contribution < -0.4 is 5.32 Å². The van der Waals surface area contributed by atoms with Crippen LogP contribution in [0.4, 0.5) is 0 Å². The minimum atomic E-state index is 0.106. The van der Waals surface area contributed by atoms with Crippen molar-refractivity contribution in [3.05, 3.63) is 41.3 Å². The number of aromatic nitrogens is 3.